The summed E-state index contributed by atoms with van der Waals surface area (Å²) in [7, 11) is 0. The van der Waals surface area contributed by atoms with Crippen LogP contribution in [0.4, 0.5) is 0 Å². The van der Waals surface area contributed by atoms with E-state index in [0.29, 0.717) is 17.6 Å². The Labute approximate surface area is 68.5 Å². The number of hydrogen-bond donors (Lipinski definition) is 0. The van der Waals surface area contributed by atoms with E-state index in [2.05, 4.69) is 26.8 Å². The van der Waals surface area contributed by atoms with E-state index in [4.69, 9.17) is 0 Å². The molecule has 0 saturated carbocycles. The van der Waals surface area contributed by atoms with Gasteiger partial charge in [0.05, 0.1) is 0 Å². The van der Waals surface area contributed by atoms with E-state index in [9.17, 15) is 4.79 Å². The van der Waals surface area contributed by atoms with Crippen LogP contribution in [-0.4, -0.2) is 5.78 Å². The molecular formula is C10H16O. The Morgan fingerprint density at radius 3 is 2.64 bits per heavy atom. The normalized spacial score (nSPS) is 24.5. The summed E-state index contributed by atoms with van der Waals surface area (Å²) in [6.45, 7) is 6.40. The largest absolute Gasteiger partial charge is 0.295 e. The number of rotatable bonds is 2. The highest BCUT2D eigenvalue weighted by Gasteiger charge is 2.20. The maximum Gasteiger partial charge on any atom is 0.159 e. The Kier molecular flexibility index (Phi) is 2.48. The molecule has 1 nitrogen and oxygen atoms in total. The number of ketones is 1. The third kappa shape index (κ3) is 2.18. The highest BCUT2D eigenvalue weighted by atomic mass is 16.1. The molecule has 0 fully saturated rings. The summed E-state index contributed by atoms with van der Waals surface area (Å²) >= 11 is 0. The molecule has 0 aromatic heterocycles. The third-order valence-corrected chi connectivity index (χ3v) is 1.98. The lowest BCUT2D eigenvalue weighted by Gasteiger charge is -2.02. The van der Waals surface area contributed by atoms with E-state index in [1.165, 1.54) is 0 Å². The molecule has 1 aliphatic rings. The van der Waals surface area contributed by atoms with Gasteiger partial charge in [-0.25, -0.2) is 0 Å². The molecule has 0 N–H and O–H groups in total. The van der Waals surface area contributed by atoms with Crippen LogP contribution in [0.2, 0.25) is 0 Å². The highest BCUT2D eigenvalue weighted by molar-refractivity contribution is 5.97. The molecule has 1 atom stereocenters. The second-order valence-electron chi connectivity index (χ2n) is 3.89. The zero-order valence-electron chi connectivity index (χ0n) is 7.55. The molecule has 0 heterocycles. The molecule has 11 heavy (non-hydrogen) atoms. The van der Waals surface area contributed by atoms with E-state index in [-0.39, 0.29) is 0 Å². The van der Waals surface area contributed by atoms with Crippen LogP contribution in [0.1, 0.15) is 33.6 Å². The van der Waals surface area contributed by atoms with Gasteiger partial charge in [0, 0.05) is 6.42 Å². The summed E-state index contributed by atoms with van der Waals surface area (Å²) in [5, 5.41) is 0. The molecular weight excluding hydrogens is 136 g/mol. The number of allylic oxidation sites excluding steroid dienone is 2. The molecule has 0 aromatic rings. The van der Waals surface area contributed by atoms with Crippen LogP contribution in [0, 0.1) is 11.8 Å². The first-order valence-corrected chi connectivity index (χ1v) is 4.33. The quantitative estimate of drug-likeness (QED) is 0.594. The fraction of sp³-hybridized carbons (Fsp3) is 0.700. The molecule has 0 spiro atoms. The maximum atomic E-state index is 11.3. The summed E-state index contributed by atoms with van der Waals surface area (Å²) in [6.07, 6.45) is 3.83. The van der Waals surface area contributed by atoms with Gasteiger partial charge in [0.1, 0.15) is 0 Å². The summed E-state index contributed by atoms with van der Waals surface area (Å²) in [5.41, 5.74) is 1.06. The minimum Gasteiger partial charge on any atom is -0.295 e. The summed E-state index contributed by atoms with van der Waals surface area (Å²) < 4.78 is 0. The van der Waals surface area contributed by atoms with Gasteiger partial charge in [0.15, 0.2) is 5.78 Å². The molecule has 1 heteroatoms. The first-order chi connectivity index (χ1) is 5.09. The lowest BCUT2D eigenvalue weighted by atomic mass is 10.0. The summed E-state index contributed by atoms with van der Waals surface area (Å²) in [5.74, 6) is 1.46. The monoisotopic (exact) mass is 152 g/mol. The molecule has 0 aromatic carbocycles. The highest BCUT2D eigenvalue weighted by Crippen LogP contribution is 2.24. The average Bonchev–Trinajstić information content (AvgIpc) is 2.09. The number of carbonyl (C=O) groups is 1. The maximum absolute atomic E-state index is 11.3. The van der Waals surface area contributed by atoms with E-state index < -0.39 is 0 Å². The van der Waals surface area contributed by atoms with Gasteiger partial charge in [-0.2, -0.15) is 0 Å². The van der Waals surface area contributed by atoms with Crippen molar-refractivity contribution in [1.29, 1.82) is 0 Å². The first kappa shape index (κ1) is 8.51. The Morgan fingerprint density at radius 1 is 1.64 bits per heavy atom. The van der Waals surface area contributed by atoms with Crippen LogP contribution in [0.15, 0.2) is 11.6 Å². The van der Waals surface area contributed by atoms with Gasteiger partial charge in [0.2, 0.25) is 0 Å². The third-order valence-electron chi connectivity index (χ3n) is 1.98. The van der Waals surface area contributed by atoms with Crippen molar-refractivity contribution >= 4 is 5.78 Å². The van der Waals surface area contributed by atoms with Crippen molar-refractivity contribution in [2.75, 3.05) is 0 Å². The van der Waals surface area contributed by atoms with Crippen LogP contribution in [0.5, 0.6) is 0 Å². The first-order valence-electron chi connectivity index (χ1n) is 4.33. The standard InChI is InChI=1S/C10H16O/c1-7(2)4-9-5-8(3)6-10(9)11/h5,7-8H,4,6H2,1-3H3. The lowest BCUT2D eigenvalue weighted by Crippen LogP contribution is -1.99. The van der Waals surface area contributed by atoms with Crippen molar-refractivity contribution in [1.82, 2.24) is 0 Å². The molecule has 0 bridgehead atoms. The Balaban J connectivity index is 2.57. The minimum absolute atomic E-state index is 0.367. The zero-order chi connectivity index (χ0) is 8.43. The zero-order valence-corrected chi connectivity index (χ0v) is 7.55. The molecule has 0 aliphatic heterocycles. The van der Waals surface area contributed by atoms with Gasteiger partial charge in [-0.1, -0.05) is 26.8 Å². The van der Waals surface area contributed by atoms with Crippen molar-refractivity contribution in [2.24, 2.45) is 11.8 Å². The van der Waals surface area contributed by atoms with E-state index >= 15 is 0 Å². The molecule has 62 valence electrons. The van der Waals surface area contributed by atoms with Crippen molar-refractivity contribution in [3.8, 4) is 0 Å². The van der Waals surface area contributed by atoms with Crippen molar-refractivity contribution in [3.63, 3.8) is 0 Å². The van der Waals surface area contributed by atoms with Gasteiger partial charge >= 0.3 is 0 Å². The van der Waals surface area contributed by atoms with Crippen LogP contribution in [0.25, 0.3) is 0 Å². The van der Waals surface area contributed by atoms with Crippen molar-refractivity contribution in [3.05, 3.63) is 11.6 Å². The van der Waals surface area contributed by atoms with Crippen molar-refractivity contribution in [2.45, 2.75) is 33.6 Å². The van der Waals surface area contributed by atoms with Gasteiger partial charge in [-0.05, 0) is 23.8 Å². The fourth-order valence-electron chi connectivity index (χ4n) is 1.54. The lowest BCUT2D eigenvalue weighted by molar-refractivity contribution is -0.115. The van der Waals surface area contributed by atoms with Gasteiger partial charge in [-0.3, -0.25) is 4.79 Å². The summed E-state index contributed by atoms with van der Waals surface area (Å²) in [6, 6.07) is 0. The fourth-order valence-corrected chi connectivity index (χ4v) is 1.54. The van der Waals surface area contributed by atoms with Crippen LogP contribution < -0.4 is 0 Å². The predicted molar refractivity (Wildman–Crippen MR) is 46.3 cm³/mol. The van der Waals surface area contributed by atoms with Gasteiger partial charge in [-0.15, -0.1) is 0 Å². The molecule has 0 saturated heterocycles. The smallest absolute Gasteiger partial charge is 0.159 e. The van der Waals surface area contributed by atoms with Gasteiger partial charge < -0.3 is 0 Å². The van der Waals surface area contributed by atoms with Gasteiger partial charge in [0.25, 0.3) is 0 Å². The Morgan fingerprint density at radius 2 is 2.27 bits per heavy atom. The van der Waals surface area contributed by atoms with E-state index in [0.717, 1.165) is 18.4 Å². The van der Waals surface area contributed by atoms with E-state index in [1.807, 2.05) is 0 Å². The average molecular weight is 152 g/mol. The molecule has 0 radical (unpaired) electrons. The Hall–Kier alpha value is -0.590. The summed E-state index contributed by atoms with van der Waals surface area (Å²) in [4.78, 5) is 11.3. The predicted octanol–water partition coefficient (Wildman–Crippen LogP) is 2.57. The topological polar surface area (TPSA) is 17.1 Å². The molecule has 0 amide bonds. The van der Waals surface area contributed by atoms with Crippen LogP contribution >= 0.6 is 0 Å². The number of Topliss-reactive ketones (excluding diaryl/α,β-unsaturated/α-hetero) is 1. The molecule has 1 rings (SSSR count). The SMILES string of the molecule is CC(C)CC1=CC(C)CC1=O. The second-order valence-corrected chi connectivity index (χ2v) is 3.89. The van der Waals surface area contributed by atoms with Crippen LogP contribution in [0.3, 0.4) is 0 Å². The van der Waals surface area contributed by atoms with Crippen LogP contribution in [-0.2, 0) is 4.79 Å². The Bertz CT molecular complexity index is 189. The number of hydrogen-bond acceptors (Lipinski definition) is 1. The van der Waals surface area contributed by atoms with Crippen molar-refractivity contribution < 1.29 is 4.79 Å². The minimum atomic E-state index is 0.367. The molecule has 1 unspecified atom stereocenters. The van der Waals surface area contributed by atoms with E-state index in [1.54, 1.807) is 0 Å². The number of carbonyl (C=O) groups excluding carboxylic acids is 1. The second kappa shape index (κ2) is 3.21. The molecule has 1 aliphatic carbocycles.